The van der Waals surface area contributed by atoms with Crippen LogP contribution in [-0.2, 0) is 6.54 Å². The van der Waals surface area contributed by atoms with Crippen LogP contribution in [0.5, 0.6) is 11.5 Å². The molecule has 1 atom stereocenters. The number of para-hydroxylation sites is 4. The Morgan fingerprint density at radius 2 is 1.80 bits per heavy atom. The van der Waals surface area contributed by atoms with Crippen molar-refractivity contribution in [1.29, 1.82) is 0 Å². The largest absolute Gasteiger partial charge is 0.493 e. The third kappa shape index (κ3) is 6.01. The number of nitrogens with one attached hydrogen (secondary N) is 2. The number of methoxy groups -OCH3 is 1. The van der Waals surface area contributed by atoms with Crippen LogP contribution in [-0.4, -0.2) is 48.9 Å². The van der Waals surface area contributed by atoms with Crippen molar-refractivity contribution in [1.82, 2.24) is 20.2 Å². The molecule has 3 aromatic rings. The van der Waals surface area contributed by atoms with Gasteiger partial charge in [0.1, 0.15) is 11.9 Å². The van der Waals surface area contributed by atoms with E-state index < -0.39 is 0 Å². The van der Waals surface area contributed by atoms with Gasteiger partial charge in [-0.3, -0.25) is 4.99 Å². The molecule has 8 heteroatoms. The highest BCUT2D eigenvalue weighted by Gasteiger charge is 2.10. The van der Waals surface area contributed by atoms with Crippen LogP contribution in [0.3, 0.4) is 0 Å². The van der Waals surface area contributed by atoms with Gasteiger partial charge in [0.05, 0.1) is 24.7 Å². The van der Waals surface area contributed by atoms with Gasteiger partial charge >= 0.3 is 0 Å². The van der Waals surface area contributed by atoms with Gasteiger partial charge in [-0.15, -0.1) is 24.0 Å². The van der Waals surface area contributed by atoms with E-state index in [1.165, 1.54) is 0 Å². The van der Waals surface area contributed by atoms with E-state index in [0.29, 0.717) is 6.54 Å². The van der Waals surface area contributed by atoms with E-state index in [2.05, 4.69) is 31.2 Å². The normalized spacial score (nSPS) is 12.2. The van der Waals surface area contributed by atoms with E-state index in [-0.39, 0.29) is 30.1 Å². The van der Waals surface area contributed by atoms with Crippen molar-refractivity contribution in [3.63, 3.8) is 0 Å². The van der Waals surface area contributed by atoms with Gasteiger partial charge in [-0.25, -0.2) is 4.98 Å². The smallest absolute Gasteiger partial charge is 0.191 e. The van der Waals surface area contributed by atoms with Crippen molar-refractivity contribution in [2.45, 2.75) is 26.5 Å². The first-order valence-corrected chi connectivity index (χ1v) is 9.78. The molecule has 2 N–H and O–H groups in total. The zero-order valence-electron chi connectivity index (χ0n) is 17.9. The van der Waals surface area contributed by atoms with E-state index in [0.717, 1.165) is 47.4 Å². The van der Waals surface area contributed by atoms with Crippen molar-refractivity contribution in [3.05, 3.63) is 54.4 Å². The molecule has 162 valence electrons. The zero-order valence-corrected chi connectivity index (χ0v) is 20.2. The molecule has 3 rings (SSSR count). The average Bonchev–Trinajstić information content (AvgIpc) is 3.06. The topological polar surface area (TPSA) is 72.7 Å². The Hall–Kier alpha value is -2.49. The Balaban J connectivity index is 0.00000320. The van der Waals surface area contributed by atoms with Crippen LogP contribution in [0.1, 0.15) is 12.7 Å². The van der Waals surface area contributed by atoms with Crippen molar-refractivity contribution in [2.24, 2.45) is 4.99 Å². The molecule has 0 aliphatic rings. The molecule has 0 saturated carbocycles. The highest BCUT2D eigenvalue weighted by Crippen LogP contribution is 2.26. The minimum atomic E-state index is -0.0512. The van der Waals surface area contributed by atoms with E-state index in [4.69, 9.17) is 9.47 Å². The quantitative estimate of drug-likeness (QED) is 0.268. The Morgan fingerprint density at radius 3 is 2.53 bits per heavy atom. The van der Waals surface area contributed by atoms with Gasteiger partial charge in [-0.05, 0) is 38.1 Å². The number of benzene rings is 2. The molecule has 0 amide bonds. The molecular weight excluding hydrogens is 493 g/mol. The van der Waals surface area contributed by atoms with E-state index in [1.807, 2.05) is 56.3 Å². The number of hydrogen-bond acceptors (Lipinski definition) is 4. The van der Waals surface area contributed by atoms with Crippen LogP contribution in [0.15, 0.2) is 53.5 Å². The highest BCUT2D eigenvalue weighted by atomic mass is 127. The lowest BCUT2D eigenvalue weighted by Gasteiger charge is -2.19. The number of guanidine groups is 1. The summed E-state index contributed by atoms with van der Waals surface area (Å²) in [5, 5.41) is 6.66. The standard InChI is InChI=1S/C22H29N5O2.HI/c1-16(29-21-12-8-7-11-20(21)28-4)15-25-22(23-3)24-13-14-27-17(2)26-18-9-5-6-10-19(18)27;/h5-12,16H,13-15H2,1-4H3,(H2,23,24,25);1H. The summed E-state index contributed by atoms with van der Waals surface area (Å²) < 4.78 is 13.5. The summed E-state index contributed by atoms with van der Waals surface area (Å²) >= 11 is 0. The molecule has 0 saturated heterocycles. The van der Waals surface area contributed by atoms with Crippen LogP contribution < -0.4 is 20.1 Å². The Bertz CT molecular complexity index is 973. The number of nitrogens with zero attached hydrogens (tertiary/aromatic N) is 3. The summed E-state index contributed by atoms with van der Waals surface area (Å²) in [7, 11) is 3.40. The average molecular weight is 523 g/mol. The molecule has 30 heavy (non-hydrogen) atoms. The van der Waals surface area contributed by atoms with Crippen molar-refractivity contribution in [2.75, 3.05) is 27.2 Å². The Labute approximate surface area is 194 Å². The van der Waals surface area contributed by atoms with E-state index in [9.17, 15) is 0 Å². The van der Waals surface area contributed by atoms with E-state index >= 15 is 0 Å². The third-order valence-corrected chi connectivity index (χ3v) is 4.65. The maximum Gasteiger partial charge on any atom is 0.191 e. The molecule has 0 bridgehead atoms. The fourth-order valence-electron chi connectivity index (χ4n) is 3.20. The number of fused-ring (bicyclic) bond motifs is 1. The molecule has 1 aromatic heterocycles. The molecule has 0 aliphatic heterocycles. The van der Waals surface area contributed by atoms with Crippen molar-refractivity contribution < 1.29 is 9.47 Å². The number of aryl methyl sites for hydroxylation is 1. The second kappa shape index (κ2) is 11.6. The molecular formula is C22H30IN5O2. The first kappa shape index (κ1) is 23.8. The van der Waals surface area contributed by atoms with Gasteiger partial charge in [-0.1, -0.05) is 24.3 Å². The van der Waals surface area contributed by atoms with Crippen molar-refractivity contribution in [3.8, 4) is 11.5 Å². The summed E-state index contributed by atoms with van der Waals surface area (Å²) in [4.78, 5) is 8.90. The number of aromatic nitrogens is 2. The molecule has 7 nitrogen and oxygen atoms in total. The van der Waals surface area contributed by atoms with Gasteiger partial charge in [0.2, 0.25) is 0 Å². The van der Waals surface area contributed by atoms with Crippen LogP contribution in [0, 0.1) is 6.92 Å². The minimum Gasteiger partial charge on any atom is -0.493 e. The summed E-state index contributed by atoms with van der Waals surface area (Å²) in [5.74, 6) is 3.21. The molecule has 0 spiro atoms. The Morgan fingerprint density at radius 1 is 1.10 bits per heavy atom. The summed E-state index contributed by atoms with van der Waals surface area (Å²) in [6.45, 7) is 6.20. The third-order valence-electron chi connectivity index (χ3n) is 4.65. The maximum absolute atomic E-state index is 5.98. The van der Waals surface area contributed by atoms with Gasteiger partial charge in [0, 0.05) is 20.1 Å². The second-order valence-electron chi connectivity index (χ2n) is 6.76. The summed E-state index contributed by atoms with van der Waals surface area (Å²) in [5.41, 5.74) is 2.17. The lowest BCUT2D eigenvalue weighted by Crippen LogP contribution is -2.42. The minimum absolute atomic E-state index is 0. The fourth-order valence-corrected chi connectivity index (χ4v) is 3.20. The summed E-state index contributed by atoms with van der Waals surface area (Å²) in [6.07, 6.45) is -0.0512. The van der Waals surface area contributed by atoms with Gasteiger partial charge < -0.3 is 24.7 Å². The molecule has 0 aliphatic carbocycles. The van der Waals surface area contributed by atoms with Crippen molar-refractivity contribution >= 4 is 41.0 Å². The second-order valence-corrected chi connectivity index (χ2v) is 6.76. The zero-order chi connectivity index (χ0) is 20.6. The highest BCUT2D eigenvalue weighted by molar-refractivity contribution is 14.0. The van der Waals surface area contributed by atoms with Crippen LogP contribution >= 0.6 is 24.0 Å². The summed E-state index contributed by atoms with van der Waals surface area (Å²) in [6, 6.07) is 15.8. The van der Waals surface area contributed by atoms with Crippen LogP contribution in [0.4, 0.5) is 0 Å². The molecule has 1 unspecified atom stereocenters. The fraction of sp³-hybridized carbons (Fsp3) is 0.364. The Kier molecular flexibility index (Phi) is 9.22. The number of ether oxygens (including phenoxy) is 2. The number of aliphatic imine (C=N–C) groups is 1. The first-order valence-electron chi connectivity index (χ1n) is 9.78. The van der Waals surface area contributed by atoms with Gasteiger partial charge in [0.25, 0.3) is 0 Å². The predicted molar refractivity (Wildman–Crippen MR) is 132 cm³/mol. The van der Waals surface area contributed by atoms with E-state index in [1.54, 1.807) is 14.2 Å². The van der Waals surface area contributed by atoms with Crippen LogP contribution in [0.2, 0.25) is 0 Å². The maximum atomic E-state index is 5.98. The predicted octanol–water partition coefficient (Wildman–Crippen LogP) is 3.60. The van der Waals surface area contributed by atoms with Gasteiger partial charge in [-0.2, -0.15) is 0 Å². The number of imidazole rings is 1. The first-order chi connectivity index (χ1) is 14.1. The molecule has 2 aromatic carbocycles. The lowest BCUT2D eigenvalue weighted by molar-refractivity contribution is 0.213. The molecule has 0 radical (unpaired) electrons. The molecule has 1 heterocycles. The SMILES string of the molecule is CN=C(NCCn1c(C)nc2ccccc21)NCC(C)Oc1ccccc1OC.I. The van der Waals surface area contributed by atoms with Gasteiger partial charge in [0.15, 0.2) is 17.5 Å². The number of halogens is 1. The number of hydrogen-bond donors (Lipinski definition) is 2. The number of rotatable bonds is 8. The monoisotopic (exact) mass is 523 g/mol. The molecule has 0 fully saturated rings. The van der Waals surface area contributed by atoms with Crippen LogP contribution in [0.25, 0.3) is 11.0 Å². The lowest BCUT2D eigenvalue weighted by atomic mass is 10.3.